The number of likely N-dealkylation sites (N-methyl/N-ethyl adjacent to an activating group) is 1. The Bertz CT molecular complexity index is 897. The van der Waals surface area contributed by atoms with E-state index in [1.807, 2.05) is 30.7 Å². The third-order valence-corrected chi connectivity index (χ3v) is 5.63. The molecule has 3 rings (SSSR count). The maximum atomic E-state index is 12.6. The van der Waals surface area contributed by atoms with Crippen LogP contribution < -0.4 is 10.2 Å². The first-order valence-electron chi connectivity index (χ1n) is 9.27. The van der Waals surface area contributed by atoms with Gasteiger partial charge in [0, 0.05) is 0 Å². The molecule has 0 aliphatic heterocycles. The molecule has 2 aromatic heterocycles. The third kappa shape index (κ3) is 4.64. The molecule has 0 aliphatic rings. The second-order valence-electron chi connectivity index (χ2n) is 6.88. The van der Waals surface area contributed by atoms with E-state index in [4.69, 9.17) is 0 Å². The van der Waals surface area contributed by atoms with Crippen molar-refractivity contribution in [3.8, 4) is 5.69 Å². The number of quaternary nitrogens is 1. The number of carbonyl (C=O) groups excluding carboxylic acids is 1. The molecule has 0 saturated carbocycles. The van der Waals surface area contributed by atoms with Gasteiger partial charge in [-0.25, -0.2) is 4.68 Å². The van der Waals surface area contributed by atoms with Crippen LogP contribution in [-0.4, -0.2) is 28.8 Å². The topological polar surface area (TPSA) is 51.4 Å². The van der Waals surface area contributed by atoms with Gasteiger partial charge < -0.3 is 10.2 Å². The third-order valence-electron chi connectivity index (χ3n) is 4.75. The number of aryl methyl sites for hydroxylation is 2. The molecule has 142 valence electrons. The van der Waals surface area contributed by atoms with Gasteiger partial charge in [0.15, 0.2) is 6.54 Å². The molecular formula is C21H27N4OS+. The average molecular weight is 384 g/mol. The van der Waals surface area contributed by atoms with Crippen molar-refractivity contribution in [2.45, 2.75) is 34.2 Å². The Morgan fingerprint density at radius 3 is 2.56 bits per heavy atom. The van der Waals surface area contributed by atoms with Crippen LogP contribution in [0.15, 0.2) is 41.8 Å². The smallest absolute Gasteiger partial charge is 0.279 e. The molecule has 1 amide bonds. The van der Waals surface area contributed by atoms with Crippen molar-refractivity contribution >= 4 is 22.9 Å². The summed E-state index contributed by atoms with van der Waals surface area (Å²) in [6.45, 7) is 10.3. The predicted molar refractivity (Wildman–Crippen MR) is 111 cm³/mol. The van der Waals surface area contributed by atoms with Crippen molar-refractivity contribution in [2.75, 3.05) is 18.4 Å². The second-order valence-corrected chi connectivity index (χ2v) is 7.91. The van der Waals surface area contributed by atoms with Crippen LogP contribution in [0.3, 0.4) is 0 Å². The Kier molecular flexibility index (Phi) is 6.08. The molecule has 0 radical (unpaired) electrons. The zero-order valence-corrected chi connectivity index (χ0v) is 17.2. The Hall–Kier alpha value is -2.44. The zero-order chi connectivity index (χ0) is 19.4. The van der Waals surface area contributed by atoms with Crippen molar-refractivity contribution in [1.82, 2.24) is 9.78 Å². The van der Waals surface area contributed by atoms with E-state index in [2.05, 4.69) is 53.9 Å². The number of nitrogens with zero attached hydrogens (tertiary/aromatic N) is 2. The Morgan fingerprint density at radius 2 is 1.93 bits per heavy atom. The molecule has 3 aromatic rings. The quantitative estimate of drug-likeness (QED) is 0.659. The van der Waals surface area contributed by atoms with Gasteiger partial charge in [0.05, 0.1) is 34.2 Å². The minimum Gasteiger partial charge on any atom is -0.323 e. The number of amides is 1. The predicted octanol–water partition coefficient (Wildman–Crippen LogP) is 2.90. The molecule has 1 aromatic carbocycles. The van der Waals surface area contributed by atoms with E-state index < -0.39 is 0 Å². The van der Waals surface area contributed by atoms with Crippen LogP contribution in [0.25, 0.3) is 5.69 Å². The number of hydrogen-bond acceptors (Lipinski definition) is 3. The molecule has 2 heterocycles. The summed E-state index contributed by atoms with van der Waals surface area (Å²) in [7, 11) is 0. The summed E-state index contributed by atoms with van der Waals surface area (Å²) in [5, 5.41) is 9.78. The fourth-order valence-corrected chi connectivity index (χ4v) is 3.92. The minimum absolute atomic E-state index is 0.0260. The molecule has 0 saturated heterocycles. The Balaban J connectivity index is 1.71. The molecule has 6 heteroatoms. The van der Waals surface area contributed by atoms with Crippen LogP contribution in [0.1, 0.15) is 28.8 Å². The molecule has 2 N–H and O–H groups in total. The highest BCUT2D eigenvalue weighted by molar-refractivity contribution is 7.09. The fraction of sp³-hybridized carbons (Fsp3) is 0.333. The molecule has 27 heavy (non-hydrogen) atoms. The number of rotatable bonds is 7. The van der Waals surface area contributed by atoms with Gasteiger partial charge in [0.2, 0.25) is 0 Å². The summed E-state index contributed by atoms with van der Waals surface area (Å²) in [6, 6.07) is 12.4. The van der Waals surface area contributed by atoms with E-state index in [0.29, 0.717) is 6.54 Å². The lowest BCUT2D eigenvalue weighted by atomic mass is 10.2. The van der Waals surface area contributed by atoms with Gasteiger partial charge in [-0.05, 0) is 51.3 Å². The van der Waals surface area contributed by atoms with Gasteiger partial charge in [0.1, 0.15) is 6.54 Å². The number of benzene rings is 1. The summed E-state index contributed by atoms with van der Waals surface area (Å²) in [6.07, 6.45) is 0. The van der Waals surface area contributed by atoms with Crippen LogP contribution in [0, 0.1) is 20.8 Å². The number of aromatic nitrogens is 2. The van der Waals surface area contributed by atoms with Crippen LogP contribution in [0.2, 0.25) is 0 Å². The SMILES string of the molecule is CC[NH+](CC(=O)Nc1c(C)nn(-c2ccc(C)cc2)c1C)Cc1cccs1. The number of hydrogen-bond donors (Lipinski definition) is 2. The minimum atomic E-state index is 0.0260. The van der Waals surface area contributed by atoms with Crippen LogP contribution in [-0.2, 0) is 11.3 Å². The van der Waals surface area contributed by atoms with Crippen molar-refractivity contribution in [1.29, 1.82) is 0 Å². The fourth-order valence-electron chi connectivity index (χ4n) is 3.14. The first-order valence-corrected chi connectivity index (χ1v) is 10.1. The Labute approximate surface area is 164 Å². The molecule has 0 aliphatic carbocycles. The normalized spacial score (nSPS) is 12.1. The molecule has 1 atom stereocenters. The lowest BCUT2D eigenvalue weighted by Gasteiger charge is -2.16. The first kappa shape index (κ1) is 19.3. The summed E-state index contributed by atoms with van der Waals surface area (Å²) in [5.74, 6) is 0.0260. The van der Waals surface area contributed by atoms with Crippen molar-refractivity contribution in [3.05, 3.63) is 63.6 Å². The molecule has 0 spiro atoms. The largest absolute Gasteiger partial charge is 0.323 e. The van der Waals surface area contributed by atoms with E-state index in [1.165, 1.54) is 15.3 Å². The van der Waals surface area contributed by atoms with Crippen LogP contribution in [0.5, 0.6) is 0 Å². The van der Waals surface area contributed by atoms with Gasteiger partial charge in [-0.2, -0.15) is 5.10 Å². The molecular weight excluding hydrogens is 356 g/mol. The maximum absolute atomic E-state index is 12.6. The van der Waals surface area contributed by atoms with Gasteiger partial charge in [-0.1, -0.05) is 23.8 Å². The highest BCUT2D eigenvalue weighted by Gasteiger charge is 2.18. The standard InChI is InChI=1S/C21H26N4OS/c1-5-24(13-19-7-6-12-27-19)14-20(26)22-21-16(3)23-25(17(21)4)18-10-8-15(2)9-11-18/h6-12H,5,13-14H2,1-4H3,(H,22,26)/p+1. The monoisotopic (exact) mass is 383 g/mol. The first-order chi connectivity index (χ1) is 13.0. The number of nitrogens with one attached hydrogen (secondary N) is 2. The van der Waals surface area contributed by atoms with E-state index in [9.17, 15) is 4.79 Å². The van der Waals surface area contributed by atoms with Gasteiger partial charge in [0.25, 0.3) is 5.91 Å². The summed E-state index contributed by atoms with van der Waals surface area (Å²) in [4.78, 5) is 15.2. The molecule has 5 nitrogen and oxygen atoms in total. The average Bonchev–Trinajstić information content (AvgIpc) is 3.25. The van der Waals surface area contributed by atoms with E-state index in [0.717, 1.165) is 35.9 Å². The van der Waals surface area contributed by atoms with E-state index in [-0.39, 0.29) is 5.91 Å². The number of carbonyl (C=O) groups is 1. The van der Waals surface area contributed by atoms with Crippen LogP contribution in [0.4, 0.5) is 5.69 Å². The molecule has 1 unspecified atom stereocenters. The summed E-state index contributed by atoms with van der Waals surface area (Å²) >= 11 is 1.74. The van der Waals surface area contributed by atoms with Gasteiger partial charge >= 0.3 is 0 Å². The van der Waals surface area contributed by atoms with Gasteiger partial charge in [-0.15, -0.1) is 11.3 Å². The second kappa shape index (κ2) is 8.50. The van der Waals surface area contributed by atoms with Crippen molar-refractivity contribution < 1.29 is 9.69 Å². The maximum Gasteiger partial charge on any atom is 0.279 e. The summed E-state index contributed by atoms with van der Waals surface area (Å²) in [5.41, 5.74) is 4.80. The lowest BCUT2D eigenvalue weighted by Crippen LogP contribution is -3.11. The summed E-state index contributed by atoms with van der Waals surface area (Å²) < 4.78 is 1.89. The Morgan fingerprint density at radius 1 is 1.19 bits per heavy atom. The molecule has 0 fully saturated rings. The van der Waals surface area contributed by atoms with Crippen molar-refractivity contribution in [2.24, 2.45) is 0 Å². The van der Waals surface area contributed by atoms with E-state index >= 15 is 0 Å². The lowest BCUT2D eigenvalue weighted by molar-refractivity contribution is -0.903. The molecule has 0 bridgehead atoms. The highest BCUT2D eigenvalue weighted by Crippen LogP contribution is 2.22. The van der Waals surface area contributed by atoms with E-state index in [1.54, 1.807) is 11.3 Å². The van der Waals surface area contributed by atoms with Crippen molar-refractivity contribution in [3.63, 3.8) is 0 Å². The van der Waals surface area contributed by atoms with Gasteiger partial charge in [-0.3, -0.25) is 4.79 Å². The number of thiophene rings is 1. The highest BCUT2D eigenvalue weighted by atomic mass is 32.1. The number of anilines is 1. The van der Waals surface area contributed by atoms with Crippen LogP contribution >= 0.6 is 11.3 Å². The zero-order valence-electron chi connectivity index (χ0n) is 16.4.